The largest absolute Gasteiger partial charge is 0.452 e. The number of sulfonamides is 1. The fourth-order valence-corrected chi connectivity index (χ4v) is 6.22. The molecule has 2 heterocycles. The molecule has 1 amide bonds. The zero-order chi connectivity index (χ0) is 23.7. The van der Waals surface area contributed by atoms with E-state index in [1.165, 1.54) is 16.4 Å². The van der Waals surface area contributed by atoms with Crippen LogP contribution in [-0.2, 0) is 32.4 Å². The predicted molar refractivity (Wildman–Crippen MR) is 127 cm³/mol. The van der Waals surface area contributed by atoms with E-state index in [0.29, 0.717) is 29.7 Å². The lowest BCUT2D eigenvalue weighted by Crippen LogP contribution is -2.28. The minimum absolute atomic E-state index is 0.128. The molecule has 2 aliphatic rings. The van der Waals surface area contributed by atoms with Crippen molar-refractivity contribution in [1.82, 2.24) is 9.29 Å². The van der Waals surface area contributed by atoms with Crippen LogP contribution in [0.15, 0.2) is 53.4 Å². The van der Waals surface area contributed by atoms with Crippen molar-refractivity contribution in [3.63, 3.8) is 0 Å². The summed E-state index contributed by atoms with van der Waals surface area (Å²) in [5.41, 5.74) is 3.34. The molecule has 0 radical (unpaired) electrons. The summed E-state index contributed by atoms with van der Waals surface area (Å²) in [4.78, 5) is 30.3. The fraction of sp³-hybridized carbons (Fsp3) is 0.320. The van der Waals surface area contributed by atoms with Crippen LogP contribution in [0.25, 0.3) is 10.9 Å². The van der Waals surface area contributed by atoms with Gasteiger partial charge in [0.1, 0.15) is 0 Å². The van der Waals surface area contributed by atoms with Gasteiger partial charge in [-0.25, -0.2) is 13.2 Å². The molecule has 0 saturated carbocycles. The quantitative estimate of drug-likeness (QED) is 0.544. The van der Waals surface area contributed by atoms with Crippen molar-refractivity contribution in [3.05, 3.63) is 65.4 Å². The molecule has 1 saturated heterocycles. The third-order valence-electron chi connectivity index (χ3n) is 6.28. The van der Waals surface area contributed by atoms with Gasteiger partial charge in [0, 0.05) is 29.9 Å². The number of nitrogens with zero attached hydrogens (tertiary/aromatic N) is 2. The Labute approximate surface area is 198 Å². The lowest BCUT2D eigenvalue weighted by atomic mass is 10.0. The van der Waals surface area contributed by atoms with E-state index in [2.05, 4.69) is 10.3 Å². The van der Waals surface area contributed by atoms with Gasteiger partial charge in [-0.3, -0.25) is 9.78 Å². The SMILES string of the molecule is O=C(COC(=O)c1c2c(nc3ccccc13)CCC2)Nc1cccc(S(=O)(=O)N2CCCC2)c1. The number of nitrogens with one attached hydrogen (secondary N) is 1. The number of benzene rings is 2. The highest BCUT2D eigenvalue weighted by Crippen LogP contribution is 2.30. The molecule has 176 valence electrons. The first-order chi connectivity index (χ1) is 16.4. The van der Waals surface area contributed by atoms with Crippen molar-refractivity contribution in [2.24, 2.45) is 0 Å². The first-order valence-electron chi connectivity index (χ1n) is 11.4. The standard InChI is InChI=1S/C25H25N3O5S/c29-23(26-17-7-5-8-18(15-17)34(31,32)28-13-3-4-14-28)16-33-25(30)24-19-9-1-2-11-21(19)27-22-12-6-10-20(22)24/h1-2,5,7-9,11,15H,3-4,6,10,12-14,16H2,(H,26,29). The number of rotatable bonds is 6. The Hall–Kier alpha value is -3.30. The first-order valence-corrected chi connectivity index (χ1v) is 12.9. The molecule has 1 aliphatic carbocycles. The second-order valence-corrected chi connectivity index (χ2v) is 10.5. The highest BCUT2D eigenvalue weighted by atomic mass is 32.2. The van der Waals surface area contributed by atoms with Crippen LogP contribution in [0.5, 0.6) is 0 Å². The van der Waals surface area contributed by atoms with Crippen LogP contribution in [0.3, 0.4) is 0 Å². The van der Waals surface area contributed by atoms with Crippen LogP contribution >= 0.6 is 0 Å². The zero-order valence-electron chi connectivity index (χ0n) is 18.6. The fourth-order valence-electron chi connectivity index (χ4n) is 4.66. The van der Waals surface area contributed by atoms with Gasteiger partial charge in [0.2, 0.25) is 10.0 Å². The molecular formula is C25H25N3O5S. The number of aromatic nitrogens is 1. The number of amides is 1. The smallest absolute Gasteiger partial charge is 0.339 e. The maximum atomic E-state index is 13.0. The Bertz CT molecular complexity index is 1380. The molecule has 5 rings (SSSR count). The minimum Gasteiger partial charge on any atom is -0.452 e. The third kappa shape index (κ3) is 4.28. The normalized spacial score (nSPS) is 15.9. The van der Waals surface area contributed by atoms with Crippen LogP contribution in [0.4, 0.5) is 5.69 Å². The van der Waals surface area contributed by atoms with Crippen LogP contribution in [-0.4, -0.2) is 49.3 Å². The molecule has 34 heavy (non-hydrogen) atoms. The molecule has 9 heteroatoms. The van der Waals surface area contributed by atoms with Crippen LogP contribution in [0.1, 0.15) is 40.9 Å². The number of carbonyl (C=O) groups is 2. The van der Waals surface area contributed by atoms with E-state index >= 15 is 0 Å². The van der Waals surface area contributed by atoms with Gasteiger partial charge >= 0.3 is 5.97 Å². The van der Waals surface area contributed by atoms with Crippen LogP contribution < -0.4 is 5.32 Å². The lowest BCUT2D eigenvalue weighted by Gasteiger charge is -2.16. The predicted octanol–water partition coefficient (Wildman–Crippen LogP) is 3.30. The Morgan fingerprint density at radius 3 is 2.62 bits per heavy atom. The van der Waals surface area contributed by atoms with E-state index in [1.54, 1.807) is 12.1 Å². The van der Waals surface area contributed by atoms with Gasteiger partial charge in [-0.2, -0.15) is 4.31 Å². The Kier molecular flexibility index (Phi) is 6.05. The van der Waals surface area contributed by atoms with Crippen LogP contribution in [0, 0.1) is 0 Å². The number of aryl methyl sites for hydroxylation is 1. The van der Waals surface area contributed by atoms with Gasteiger partial charge in [-0.05, 0) is 61.9 Å². The number of hydrogen-bond donors (Lipinski definition) is 1. The summed E-state index contributed by atoms with van der Waals surface area (Å²) >= 11 is 0. The monoisotopic (exact) mass is 479 g/mol. The average molecular weight is 480 g/mol. The van der Waals surface area contributed by atoms with E-state index in [-0.39, 0.29) is 4.90 Å². The van der Waals surface area contributed by atoms with E-state index in [9.17, 15) is 18.0 Å². The summed E-state index contributed by atoms with van der Waals surface area (Å²) in [5.74, 6) is -1.10. The van der Waals surface area contributed by atoms with Crippen LogP contribution in [0.2, 0.25) is 0 Å². The maximum absolute atomic E-state index is 13.0. The number of para-hydroxylation sites is 1. The molecule has 0 bridgehead atoms. The molecule has 1 aromatic heterocycles. The number of fused-ring (bicyclic) bond motifs is 2. The number of pyridine rings is 1. The molecule has 0 atom stereocenters. The van der Waals surface area contributed by atoms with E-state index < -0.39 is 28.5 Å². The zero-order valence-corrected chi connectivity index (χ0v) is 19.4. The number of carbonyl (C=O) groups excluding carboxylic acids is 2. The number of esters is 1. The topological polar surface area (TPSA) is 106 Å². The van der Waals surface area contributed by atoms with E-state index in [1.807, 2.05) is 24.3 Å². The van der Waals surface area contributed by atoms with Gasteiger partial charge in [-0.15, -0.1) is 0 Å². The van der Waals surface area contributed by atoms with E-state index in [4.69, 9.17) is 4.74 Å². The third-order valence-corrected chi connectivity index (χ3v) is 8.17. The minimum atomic E-state index is -3.59. The molecule has 8 nitrogen and oxygen atoms in total. The van der Waals surface area contributed by atoms with Crippen molar-refractivity contribution < 1.29 is 22.7 Å². The Balaban J connectivity index is 1.29. The summed E-state index contributed by atoms with van der Waals surface area (Å²) in [6.07, 6.45) is 4.18. The van der Waals surface area contributed by atoms with Gasteiger partial charge in [0.15, 0.2) is 6.61 Å². The lowest BCUT2D eigenvalue weighted by molar-refractivity contribution is -0.119. The van der Waals surface area contributed by atoms with Gasteiger partial charge < -0.3 is 10.1 Å². The van der Waals surface area contributed by atoms with Gasteiger partial charge in [0.05, 0.1) is 16.0 Å². The molecule has 2 aromatic carbocycles. The van der Waals surface area contributed by atoms with Crippen molar-refractivity contribution in [2.45, 2.75) is 37.0 Å². The first kappa shape index (κ1) is 22.5. The highest BCUT2D eigenvalue weighted by molar-refractivity contribution is 7.89. The van der Waals surface area contributed by atoms with Gasteiger partial charge in [-0.1, -0.05) is 24.3 Å². The Morgan fingerprint density at radius 2 is 1.79 bits per heavy atom. The van der Waals surface area contributed by atoms with Crippen molar-refractivity contribution >= 4 is 38.5 Å². The van der Waals surface area contributed by atoms with Crippen molar-refractivity contribution in [3.8, 4) is 0 Å². The highest BCUT2D eigenvalue weighted by Gasteiger charge is 2.28. The Morgan fingerprint density at radius 1 is 1.00 bits per heavy atom. The second kappa shape index (κ2) is 9.15. The van der Waals surface area contributed by atoms with E-state index in [0.717, 1.165) is 48.9 Å². The molecule has 0 spiro atoms. The molecular weight excluding hydrogens is 454 g/mol. The molecule has 0 unspecified atom stereocenters. The molecule has 1 N–H and O–H groups in total. The van der Waals surface area contributed by atoms with Gasteiger partial charge in [0.25, 0.3) is 5.91 Å². The molecule has 1 aliphatic heterocycles. The number of hydrogen-bond acceptors (Lipinski definition) is 6. The summed E-state index contributed by atoms with van der Waals surface area (Å²) in [6.45, 7) is 0.526. The number of anilines is 1. The van der Waals surface area contributed by atoms with Crippen molar-refractivity contribution in [2.75, 3.05) is 25.0 Å². The summed E-state index contributed by atoms with van der Waals surface area (Å²) in [6, 6.07) is 13.5. The maximum Gasteiger partial charge on any atom is 0.339 e. The number of ether oxygens (including phenoxy) is 1. The second-order valence-electron chi connectivity index (χ2n) is 8.55. The summed E-state index contributed by atoms with van der Waals surface area (Å²) < 4.78 is 32.4. The molecule has 1 fully saturated rings. The summed E-state index contributed by atoms with van der Waals surface area (Å²) in [5, 5.41) is 3.35. The average Bonchev–Trinajstić information content (AvgIpc) is 3.54. The molecule has 3 aromatic rings. The van der Waals surface area contributed by atoms with Crippen molar-refractivity contribution in [1.29, 1.82) is 0 Å². The summed E-state index contributed by atoms with van der Waals surface area (Å²) in [7, 11) is -3.59.